The van der Waals surface area contributed by atoms with Crippen LogP contribution < -0.4 is 0 Å². The summed E-state index contributed by atoms with van der Waals surface area (Å²) in [5.74, 6) is -0.960. The summed E-state index contributed by atoms with van der Waals surface area (Å²) in [6.07, 6.45) is 6.85. The molecule has 13 aromatic rings. The Labute approximate surface area is 546 Å². The number of imidazole rings is 2. The molecule has 8 heterocycles. The van der Waals surface area contributed by atoms with Gasteiger partial charge in [-0.3, -0.25) is 9.13 Å². The number of hydrogen-bond acceptors (Lipinski definition) is 6. The van der Waals surface area contributed by atoms with Crippen LogP contribution in [0.2, 0.25) is 0 Å². The molecule has 11 aromatic carbocycles. The third-order valence-electron chi connectivity index (χ3n) is 20.2. The number of hydrogen-bond donors (Lipinski definition) is 0. The zero-order chi connectivity index (χ0) is 61.9. The molecule has 0 saturated carbocycles. The minimum Gasteiger partial charge on any atom is -0.275 e. The highest BCUT2D eigenvalue weighted by Gasteiger charge is 2.49. The predicted octanol–water partition coefficient (Wildman–Crippen LogP) is 17.8. The molecule has 2 spiro atoms. The Bertz CT molecular complexity index is 4880. The van der Waals surface area contributed by atoms with Crippen molar-refractivity contribution in [3.8, 4) is 67.8 Å². The smallest absolute Gasteiger partial charge is 0.261 e. The lowest BCUT2D eigenvalue weighted by Crippen LogP contribution is -2.32. The summed E-state index contributed by atoms with van der Waals surface area (Å²) < 4.78 is 4.86. The van der Waals surface area contributed by atoms with Crippen molar-refractivity contribution in [2.24, 2.45) is 20.0 Å². The summed E-state index contributed by atoms with van der Waals surface area (Å²) in [6.45, 7) is 0. The highest BCUT2D eigenvalue weighted by atomic mass is 15.4. The van der Waals surface area contributed by atoms with Crippen molar-refractivity contribution in [3.05, 3.63) is 357 Å². The number of aryl methyl sites for hydroxylation is 8. The maximum Gasteiger partial charge on any atom is 0.261 e. The topological polar surface area (TPSA) is 85.1 Å². The van der Waals surface area contributed by atoms with Gasteiger partial charge >= 0.3 is 0 Å². The Morgan fingerprint density at radius 1 is 0.245 bits per heavy atom. The lowest BCUT2D eigenvalue weighted by atomic mass is 9.90. The van der Waals surface area contributed by atoms with E-state index < -0.39 is 11.6 Å². The minimum absolute atomic E-state index is 0.820. The number of aliphatic imine (C=N–C) groups is 4. The molecule has 6 aliphatic rings. The molecule has 0 radical (unpaired) electrons. The normalized spacial score (nSPS) is 15.7. The highest BCUT2D eigenvalue weighted by Crippen LogP contribution is 2.52. The highest BCUT2D eigenvalue weighted by molar-refractivity contribution is 6.55. The standard InChI is InChI=1S/C86H62N8/c1-7-19-63(20-8-1)75-76(64-21-9-2-10-22-64)90-85(89-75)73-53-57-33-31-55-35-39-59(43-45-61(73)41-37-57)71(51-55)83-87-79(81(93(83)85)69-27-15-5-16-28-69)67-47-49-68(50-48-67)80-82(70-29-17-6-18-30-70)94-84(88-80)72-52-56-32-34-58-38-42-62(46-44-60(72)40-36-56)74(54-58)86(94)91-77(65-23-11-3-12-24-65)78(92-86)66-25-13-4-14-26-66/h1-30,35-42,47-54H,31-34,43-46H2. The van der Waals surface area contributed by atoms with Crippen molar-refractivity contribution in [2.45, 2.75) is 62.9 Å². The van der Waals surface area contributed by atoms with Crippen LogP contribution in [0.1, 0.15) is 77.9 Å². The predicted molar refractivity (Wildman–Crippen MR) is 379 cm³/mol. The van der Waals surface area contributed by atoms with E-state index in [1.807, 2.05) is 0 Å². The Kier molecular flexibility index (Phi) is 12.5. The number of rotatable bonds is 8. The van der Waals surface area contributed by atoms with Crippen LogP contribution in [-0.2, 0) is 62.9 Å². The quantitative estimate of drug-likeness (QED) is 0.152. The van der Waals surface area contributed by atoms with Crippen LogP contribution in [-0.4, -0.2) is 41.9 Å². The molecule has 0 aliphatic carbocycles. The van der Waals surface area contributed by atoms with Gasteiger partial charge in [-0.1, -0.05) is 255 Å². The molecule has 0 fully saturated rings. The molecule has 8 heteroatoms. The van der Waals surface area contributed by atoms with Gasteiger partial charge in [0.15, 0.2) is 0 Å². The van der Waals surface area contributed by atoms with Gasteiger partial charge in [0.25, 0.3) is 11.6 Å². The SMILES string of the molecule is c1ccc(C2=NC3(N=C2c2ccccc2)c2cc4ccc2CCc2ccc(cc2-c2nc(-c5ccc(-c6nc7n(c6-c6ccccc6)C6(N=C(c8ccccc8)C(c8ccccc8)=N6)c6cc8ccc6CCc6ccc(cc6-7)CC8)cc5)c(-c5ccccc5)n23)CC4)cc1. The van der Waals surface area contributed by atoms with Crippen LogP contribution in [0, 0.1) is 0 Å². The Hall–Kier alpha value is -11.5. The first-order chi connectivity index (χ1) is 46.5. The summed E-state index contributed by atoms with van der Waals surface area (Å²) in [7, 11) is 0. The zero-order valence-corrected chi connectivity index (χ0v) is 51.8. The molecule has 8 nitrogen and oxygen atoms in total. The fourth-order valence-electron chi connectivity index (χ4n) is 15.6. The van der Waals surface area contributed by atoms with E-state index in [2.05, 4.69) is 288 Å². The molecule has 0 atom stereocenters. The molecule has 0 saturated heterocycles. The van der Waals surface area contributed by atoms with Gasteiger partial charge in [-0.15, -0.1) is 0 Å². The summed E-state index contributed by atoms with van der Waals surface area (Å²) in [6, 6.07) is 102. The van der Waals surface area contributed by atoms with Gasteiger partial charge in [0.1, 0.15) is 11.6 Å². The van der Waals surface area contributed by atoms with Crippen LogP contribution in [0.15, 0.2) is 299 Å². The number of nitrogens with zero attached hydrogens (tertiary/aromatic N) is 8. The van der Waals surface area contributed by atoms with Crippen LogP contribution in [0.5, 0.6) is 0 Å². The summed E-state index contributed by atoms with van der Waals surface area (Å²) >= 11 is 0. The van der Waals surface area contributed by atoms with Crippen molar-refractivity contribution in [3.63, 3.8) is 0 Å². The van der Waals surface area contributed by atoms with E-state index >= 15 is 0 Å². The first kappa shape index (κ1) is 54.3. The third-order valence-corrected chi connectivity index (χ3v) is 20.2. The first-order valence-corrected chi connectivity index (χ1v) is 33.1. The second-order valence-electron chi connectivity index (χ2n) is 25.8. The van der Waals surface area contributed by atoms with Crippen molar-refractivity contribution >= 4 is 22.8 Å². The molecule has 446 valence electrons. The average Bonchev–Trinajstić information content (AvgIpc) is 1.54. The van der Waals surface area contributed by atoms with Crippen molar-refractivity contribution < 1.29 is 0 Å². The van der Waals surface area contributed by atoms with E-state index in [1.54, 1.807) is 0 Å². The molecular weight excluding hydrogens is 1150 g/mol. The maximum atomic E-state index is 6.16. The van der Waals surface area contributed by atoms with E-state index in [4.69, 9.17) is 29.9 Å². The van der Waals surface area contributed by atoms with E-state index in [9.17, 15) is 0 Å². The monoisotopic (exact) mass is 1210 g/mol. The minimum atomic E-state index is -1.32. The van der Waals surface area contributed by atoms with Gasteiger partial charge in [-0.05, 0) is 120 Å². The van der Waals surface area contributed by atoms with Gasteiger partial charge in [0, 0.05) is 66.8 Å². The van der Waals surface area contributed by atoms with Gasteiger partial charge < -0.3 is 0 Å². The van der Waals surface area contributed by atoms with Crippen molar-refractivity contribution in [1.29, 1.82) is 0 Å². The number of aromatic nitrogens is 4. The van der Waals surface area contributed by atoms with Gasteiger partial charge in [0.2, 0.25) is 0 Å². The lowest BCUT2D eigenvalue weighted by Gasteiger charge is -2.31. The molecule has 8 bridgehead atoms. The molecular formula is C86H62N8. The third kappa shape index (κ3) is 8.66. The average molecular weight is 1210 g/mol. The van der Waals surface area contributed by atoms with Crippen LogP contribution >= 0.6 is 0 Å². The van der Waals surface area contributed by atoms with Crippen molar-refractivity contribution in [1.82, 2.24) is 19.1 Å². The fourth-order valence-corrected chi connectivity index (χ4v) is 15.6. The summed E-state index contributed by atoms with van der Waals surface area (Å²) in [4.78, 5) is 36.8. The molecule has 0 N–H and O–H groups in total. The van der Waals surface area contributed by atoms with Crippen LogP contribution in [0.25, 0.3) is 67.8 Å². The molecule has 19 rings (SSSR count). The summed E-state index contributed by atoms with van der Waals surface area (Å²) in [5, 5.41) is 0. The number of benzene rings is 11. The van der Waals surface area contributed by atoms with E-state index in [-0.39, 0.29) is 0 Å². The molecule has 0 amide bonds. The van der Waals surface area contributed by atoms with E-state index in [1.165, 1.54) is 44.5 Å². The van der Waals surface area contributed by atoms with Gasteiger partial charge in [0.05, 0.1) is 45.6 Å². The summed E-state index contributed by atoms with van der Waals surface area (Å²) in [5.41, 5.74) is 29.3. The van der Waals surface area contributed by atoms with E-state index in [0.717, 1.165) is 175 Å². The van der Waals surface area contributed by atoms with Crippen molar-refractivity contribution in [2.75, 3.05) is 0 Å². The second kappa shape index (κ2) is 21.6. The molecule has 94 heavy (non-hydrogen) atoms. The molecule has 2 aromatic heterocycles. The second-order valence-corrected chi connectivity index (χ2v) is 25.8. The Balaban J connectivity index is 0.892. The van der Waals surface area contributed by atoms with Crippen LogP contribution in [0.4, 0.5) is 0 Å². The molecule has 0 unspecified atom stereocenters. The zero-order valence-electron chi connectivity index (χ0n) is 51.8. The van der Waals surface area contributed by atoms with Gasteiger partial charge in [-0.2, -0.15) is 0 Å². The number of fused-ring (bicyclic) bond motifs is 4. The fraction of sp³-hybridized carbons (Fsp3) is 0.116. The molecule has 6 aliphatic heterocycles. The van der Waals surface area contributed by atoms with E-state index in [0.29, 0.717) is 0 Å². The van der Waals surface area contributed by atoms with Crippen LogP contribution in [0.3, 0.4) is 0 Å². The lowest BCUT2D eigenvalue weighted by molar-refractivity contribution is 0.405. The Morgan fingerprint density at radius 3 is 0.840 bits per heavy atom. The first-order valence-electron chi connectivity index (χ1n) is 33.1. The van der Waals surface area contributed by atoms with Gasteiger partial charge in [-0.25, -0.2) is 29.9 Å². The Morgan fingerprint density at radius 2 is 0.521 bits per heavy atom. The maximum absolute atomic E-state index is 6.16. The largest absolute Gasteiger partial charge is 0.275 e.